The van der Waals surface area contributed by atoms with Crippen molar-refractivity contribution in [1.82, 2.24) is 5.32 Å². The van der Waals surface area contributed by atoms with E-state index in [-0.39, 0.29) is 23.9 Å². The van der Waals surface area contributed by atoms with E-state index in [1.165, 1.54) is 0 Å². The van der Waals surface area contributed by atoms with Crippen LogP contribution in [0, 0.1) is 12.8 Å². The van der Waals surface area contributed by atoms with Gasteiger partial charge in [-0.3, -0.25) is 4.79 Å². The highest BCUT2D eigenvalue weighted by Crippen LogP contribution is 2.26. The molecule has 0 heterocycles. The summed E-state index contributed by atoms with van der Waals surface area (Å²) in [6, 6.07) is 12.3. The van der Waals surface area contributed by atoms with E-state index in [1.807, 2.05) is 45.9 Å². The number of hydrogen-bond donors (Lipinski definition) is 3. The molecule has 2 aromatic rings. The molecule has 0 saturated heterocycles. The van der Waals surface area contributed by atoms with Crippen LogP contribution >= 0.6 is 0 Å². The zero-order valence-corrected chi connectivity index (χ0v) is 16.4. The van der Waals surface area contributed by atoms with Gasteiger partial charge in [-0.1, -0.05) is 37.6 Å². The van der Waals surface area contributed by atoms with Crippen molar-refractivity contribution >= 4 is 23.3 Å². The van der Waals surface area contributed by atoms with Crippen LogP contribution < -0.4 is 20.7 Å². The number of ether oxygens (including phenoxy) is 1. The standard InChI is InChI=1S/C21H27N3O3/c1-13(2)20(25)23-16-7-6-8-17(12-16)24-21(26)22-15(4)18-11-14(3)9-10-19(18)27-5/h6-13,15H,1-5H3,(H,23,25)(H2,22,24,26). The zero-order chi connectivity index (χ0) is 20.0. The molecule has 1 unspecified atom stereocenters. The Hall–Kier alpha value is -3.02. The number of rotatable bonds is 6. The molecule has 3 N–H and O–H groups in total. The molecule has 0 fully saturated rings. The lowest BCUT2D eigenvalue weighted by Crippen LogP contribution is -2.31. The van der Waals surface area contributed by atoms with Crippen molar-refractivity contribution in [2.24, 2.45) is 5.92 Å². The van der Waals surface area contributed by atoms with Gasteiger partial charge in [-0.15, -0.1) is 0 Å². The minimum atomic E-state index is -0.335. The molecule has 0 aromatic heterocycles. The van der Waals surface area contributed by atoms with Crippen molar-refractivity contribution in [1.29, 1.82) is 0 Å². The number of urea groups is 1. The van der Waals surface area contributed by atoms with Crippen LogP contribution in [0.4, 0.5) is 16.2 Å². The van der Waals surface area contributed by atoms with E-state index >= 15 is 0 Å². The summed E-state index contributed by atoms with van der Waals surface area (Å²) in [5.74, 6) is 0.540. The molecule has 0 aliphatic rings. The van der Waals surface area contributed by atoms with E-state index in [0.717, 1.165) is 16.9 Å². The maximum atomic E-state index is 12.4. The molecule has 0 saturated carbocycles. The second kappa shape index (κ2) is 9.07. The molecule has 2 rings (SSSR count). The van der Waals surface area contributed by atoms with Gasteiger partial charge in [0, 0.05) is 22.9 Å². The Morgan fingerprint density at radius 3 is 2.26 bits per heavy atom. The van der Waals surface area contributed by atoms with Gasteiger partial charge < -0.3 is 20.7 Å². The predicted molar refractivity (Wildman–Crippen MR) is 108 cm³/mol. The van der Waals surface area contributed by atoms with E-state index in [4.69, 9.17) is 4.74 Å². The highest BCUT2D eigenvalue weighted by atomic mass is 16.5. The minimum Gasteiger partial charge on any atom is -0.496 e. The average Bonchev–Trinajstić information content (AvgIpc) is 2.61. The van der Waals surface area contributed by atoms with Crippen LogP contribution in [0.2, 0.25) is 0 Å². The van der Waals surface area contributed by atoms with Crippen molar-refractivity contribution in [3.05, 3.63) is 53.6 Å². The molecule has 0 aliphatic carbocycles. The smallest absolute Gasteiger partial charge is 0.319 e. The van der Waals surface area contributed by atoms with Crippen LogP contribution in [-0.4, -0.2) is 19.0 Å². The molecule has 3 amide bonds. The Labute approximate surface area is 160 Å². The molecule has 6 nitrogen and oxygen atoms in total. The SMILES string of the molecule is COc1ccc(C)cc1C(C)NC(=O)Nc1cccc(NC(=O)C(C)C)c1. The first-order valence-electron chi connectivity index (χ1n) is 8.93. The van der Waals surface area contributed by atoms with E-state index in [0.29, 0.717) is 11.4 Å². The average molecular weight is 369 g/mol. The molecule has 144 valence electrons. The molecule has 0 radical (unpaired) electrons. The fourth-order valence-corrected chi connectivity index (χ4v) is 2.60. The number of nitrogens with one attached hydrogen (secondary N) is 3. The van der Waals surface area contributed by atoms with Gasteiger partial charge in [0.25, 0.3) is 0 Å². The summed E-state index contributed by atoms with van der Waals surface area (Å²) in [4.78, 5) is 24.2. The Bertz CT molecular complexity index is 818. The first-order valence-corrected chi connectivity index (χ1v) is 8.93. The molecular formula is C21H27N3O3. The molecule has 0 aliphatic heterocycles. The summed E-state index contributed by atoms with van der Waals surface area (Å²) in [5, 5.41) is 8.52. The van der Waals surface area contributed by atoms with Gasteiger partial charge >= 0.3 is 6.03 Å². The number of amides is 3. The third-order valence-electron chi connectivity index (χ3n) is 4.11. The normalized spacial score (nSPS) is 11.6. The summed E-state index contributed by atoms with van der Waals surface area (Å²) < 4.78 is 5.38. The van der Waals surface area contributed by atoms with Gasteiger partial charge in [-0.2, -0.15) is 0 Å². The number of hydrogen-bond acceptors (Lipinski definition) is 3. The second-order valence-corrected chi connectivity index (χ2v) is 6.79. The number of carbonyl (C=O) groups is 2. The summed E-state index contributed by atoms with van der Waals surface area (Å²) in [6.07, 6.45) is 0. The van der Waals surface area contributed by atoms with Crippen LogP contribution in [0.3, 0.4) is 0 Å². The fraction of sp³-hybridized carbons (Fsp3) is 0.333. The first kappa shape index (κ1) is 20.3. The second-order valence-electron chi connectivity index (χ2n) is 6.79. The quantitative estimate of drug-likeness (QED) is 0.702. The lowest BCUT2D eigenvalue weighted by Gasteiger charge is -2.18. The molecular weight excluding hydrogens is 342 g/mol. The van der Waals surface area contributed by atoms with Crippen LogP contribution in [0.1, 0.15) is 37.9 Å². The van der Waals surface area contributed by atoms with Crippen molar-refractivity contribution < 1.29 is 14.3 Å². The Morgan fingerprint density at radius 1 is 0.963 bits per heavy atom. The van der Waals surface area contributed by atoms with Crippen molar-refractivity contribution in [2.75, 3.05) is 17.7 Å². The number of anilines is 2. The van der Waals surface area contributed by atoms with E-state index < -0.39 is 0 Å². The Balaban J connectivity index is 2.03. The number of carbonyl (C=O) groups excluding carboxylic acids is 2. The summed E-state index contributed by atoms with van der Waals surface area (Å²) in [7, 11) is 1.61. The number of aryl methyl sites for hydroxylation is 1. The maximum absolute atomic E-state index is 12.4. The van der Waals surface area contributed by atoms with Crippen LogP contribution in [0.5, 0.6) is 5.75 Å². The van der Waals surface area contributed by atoms with E-state index in [9.17, 15) is 9.59 Å². The van der Waals surface area contributed by atoms with Crippen LogP contribution in [0.25, 0.3) is 0 Å². The number of benzene rings is 2. The zero-order valence-electron chi connectivity index (χ0n) is 16.4. The highest BCUT2D eigenvalue weighted by molar-refractivity contribution is 5.94. The summed E-state index contributed by atoms with van der Waals surface area (Å²) in [6.45, 7) is 7.54. The van der Waals surface area contributed by atoms with Gasteiger partial charge in [0.15, 0.2) is 0 Å². The molecule has 0 bridgehead atoms. The lowest BCUT2D eigenvalue weighted by atomic mass is 10.0. The van der Waals surface area contributed by atoms with Crippen molar-refractivity contribution in [3.63, 3.8) is 0 Å². The molecule has 1 atom stereocenters. The van der Waals surface area contributed by atoms with Crippen LogP contribution in [-0.2, 0) is 4.79 Å². The maximum Gasteiger partial charge on any atom is 0.319 e. The number of methoxy groups -OCH3 is 1. The predicted octanol–water partition coefficient (Wildman–Crippen LogP) is 4.48. The Kier molecular flexibility index (Phi) is 6.82. The molecule has 2 aromatic carbocycles. The van der Waals surface area contributed by atoms with E-state index in [1.54, 1.807) is 31.4 Å². The molecule has 27 heavy (non-hydrogen) atoms. The topological polar surface area (TPSA) is 79.5 Å². The molecule has 6 heteroatoms. The van der Waals surface area contributed by atoms with Gasteiger partial charge in [-0.05, 0) is 38.1 Å². The van der Waals surface area contributed by atoms with Gasteiger partial charge in [0.1, 0.15) is 5.75 Å². The highest BCUT2D eigenvalue weighted by Gasteiger charge is 2.15. The van der Waals surface area contributed by atoms with Crippen molar-refractivity contribution in [3.8, 4) is 5.75 Å². The van der Waals surface area contributed by atoms with Crippen molar-refractivity contribution in [2.45, 2.75) is 33.7 Å². The first-order chi connectivity index (χ1) is 12.8. The third kappa shape index (κ3) is 5.74. The lowest BCUT2D eigenvalue weighted by molar-refractivity contribution is -0.118. The third-order valence-corrected chi connectivity index (χ3v) is 4.11. The summed E-state index contributed by atoms with van der Waals surface area (Å²) in [5.41, 5.74) is 3.23. The van der Waals surface area contributed by atoms with E-state index in [2.05, 4.69) is 16.0 Å². The van der Waals surface area contributed by atoms with Gasteiger partial charge in [0.05, 0.1) is 13.2 Å². The summed E-state index contributed by atoms with van der Waals surface area (Å²) >= 11 is 0. The Morgan fingerprint density at radius 2 is 1.63 bits per heavy atom. The minimum absolute atomic E-state index is 0.0724. The monoisotopic (exact) mass is 369 g/mol. The van der Waals surface area contributed by atoms with Gasteiger partial charge in [0.2, 0.25) is 5.91 Å². The molecule has 0 spiro atoms. The largest absolute Gasteiger partial charge is 0.496 e. The fourth-order valence-electron chi connectivity index (χ4n) is 2.60. The van der Waals surface area contributed by atoms with Gasteiger partial charge in [-0.25, -0.2) is 4.79 Å². The van der Waals surface area contributed by atoms with Crippen LogP contribution in [0.15, 0.2) is 42.5 Å².